The van der Waals surface area contributed by atoms with Crippen LogP contribution >= 0.6 is 8.58 Å². The van der Waals surface area contributed by atoms with E-state index in [1.54, 1.807) is 20.8 Å². The summed E-state index contributed by atoms with van der Waals surface area (Å²) in [4.78, 5) is 0. The van der Waals surface area contributed by atoms with Crippen molar-refractivity contribution in [1.82, 2.24) is 0 Å². The van der Waals surface area contributed by atoms with E-state index < -0.39 is 5.60 Å². The molecule has 0 aliphatic heterocycles. The second kappa shape index (κ2) is 10.1. The van der Waals surface area contributed by atoms with Gasteiger partial charge in [0.2, 0.25) is 0 Å². The first-order valence-electron chi connectivity index (χ1n) is 6.04. The minimum absolute atomic E-state index is 0. The second-order valence-electron chi connectivity index (χ2n) is 5.03. The van der Waals surface area contributed by atoms with Gasteiger partial charge in [-0.25, -0.2) is 0 Å². The summed E-state index contributed by atoms with van der Waals surface area (Å²) >= 11 is 0. The van der Waals surface area contributed by atoms with E-state index in [2.05, 4.69) is 60.7 Å². The summed E-state index contributed by atoms with van der Waals surface area (Å²) in [6, 6.07) is 21.2. The number of hydrogen-bond donors (Lipinski definition) is 1. The molecule has 2 aromatic carbocycles. The van der Waals surface area contributed by atoms with Gasteiger partial charge in [-0.15, -0.1) is 0 Å². The molecule has 0 atom stereocenters. The predicted molar refractivity (Wildman–Crippen MR) is 82.4 cm³/mol. The Kier molecular flexibility index (Phi) is 10.3. The van der Waals surface area contributed by atoms with Crippen molar-refractivity contribution < 1.29 is 52.0 Å². The van der Waals surface area contributed by atoms with Gasteiger partial charge in [-0.1, -0.05) is 69.2 Å². The van der Waals surface area contributed by atoms with E-state index in [4.69, 9.17) is 5.11 Å². The summed E-state index contributed by atoms with van der Waals surface area (Å²) < 4.78 is 0. The molecule has 0 aliphatic rings. The Labute approximate surface area is 156 Å². The van der Waals surface area contributed by atoms with E-state index in [0.29, 0.717) is 0 Å². The molecule has 0 radical (unpaired) electrons. The maximum absolute atomic E-state index is 8.52. The molecule has 0 amide bonds. The van der Waals surface area contributed by atoms with Crippen molar-refractivity contribution in [3.8, 4) is 0 Å². The SMILES string of the molecule is CC(C)(C)O.[Yb].c1ccc(Pc2ccccc2)cc1. The van der Waals surface area contributed by atoms with Gasteiger partial charge in [0.05, 0.1) is 5.60 Å². The number of hydrogen-bond acceptors (Lipinski definition) is 1. The third-order valence-electron chi connectivity index (χ3n) is 1.84. The first-order chi connectivity index (χ1) is 8.45. The van der Waals surface area contributed by atoms with Crippen molar-refractivity contribution in [3.05, 3.63) is 60.7 Å². The largest absolute Gasteiger partial charge is 0.391 e. The van der Waals surface area contributed by atoms with Crippen LogP contribution in [0.5, 0.6) is 0 Å². The summed E-state index contributed by atoms with van der Waals surface area (Å²) in [5.74, 6) is 0. The van der Waals surface area contributed by atoms with Crippen molar-refractivity contribution in [2.24, 2.45) is 0 Å². The van der Waals surface area contributed by atoms with Gasteiger partial charge >= 0.3 is 0 Å². The maximum atomic E-state index is 8.52. The van der Waals surface area contributed by atoms with Crippen molar-refractivity contribution in [2.75, 3.05) is 0 Å². The molecule has 1 N–H and O–H groups in total. The maximum Gasteiger partial charge on any atom is 0.0563 e. The van der Waals surface area contributed by atoms with Gasteiger partial charge < -0.3 is 5.11 Å². The Morgan fingerprint density at radius 1 is 0.737 bits per heavy atom. The van der Waals surface area contributed by atoms with Crippen molar-refractivity contribution in [1.29, 1.82) is 0 Å². The molecule has 19 heavy (non-hydrogen) atoms. The summed E-state index contributed by atoms with van der Waals surface area (Å²) in [6.45, 7) is 5.23. The van der Waals surface area contributed by atoms with Crippen LogP contribution in [0.2, 0.25) is 0 Å². The van der Waals surface area contributed by atoms with E-state index >= 15 is 0 Å². The second-order valence-corrected chi connectivity index (χ2v) is 6.43. The van der Waals surface area contributed by atoms with Crippen LogP contribution in [-0.2, 0) is 0 Å². The van der Waals surface area contributed by atoms with Gasteiger partial charge in [0.25, 0.3) is 0 Å². The molecular weight excluding hydrogens is 412 g/mol. The molecule has 3 heteroatoms. The molecule has 110 valence electrons. The minimum Gasteiger partial charge on any atom is -0.391 e. The van der Waals surface area contributed by atoms with Crippen LogP contribution in [0, 0.1) is 46.9 Å². The summed E-state index contributed by atoms with van der Waals surface area (Å²) in [5.41, 5.74) is -0.500. The molecule has 2 rings (SSSR count). The van der Waals surface area contributed by atoms with Crippen LogP contribution < -0.4 is 10.6 Å². The van der Waals surface area contributed by atoms with Crippen LogP contribution in [0.15, 0.2) is 60.7 Å². The number of benzene rings is 2. The Hall–Kier alpha value is 0.349. The number of aliphatic hydroxyl groups is 1. The molecule has 0 aliphatic carbocycles. The third-order valence-corrected chi connectivity index (χ3v) is 3.08. The van der Waals surface area contributed by atoms with Crippen LogP contribution in [0.25, 0.3) is 0 Å². The Morgan fingerprint density at radius 2 is 1.00 bits per heavy atom. The van der Waals surface area contributed by atoms with Gasteiger partial charge in [-0.2, -0.15) is 0 Å². The standard InChI is InChI=1S/C12H11P.C4H10O.Yb/c1-3-7-11(8-4-1)13-12-9-5-2-6-10-12;1-4(2,3)5;/h1-10,13H;5H,1-3H3;. The van der Waals surface area contributed by atoms with Crippen molar-refractivity contribution in [3.63, 3.8) is 0 Å². The van der Waals surface area contributed by atoms with Crippen LogP contribution in [0.4, 0.5) is 0 Å². The first-order valence-corrected chi connectivity index (χ1v) is 7.04. The molecule has 0 aromatic heterocycles. The van der Waals surface area contributed by atoms with E-state index in [-0.39, 0.29) is 46.9 Å². The molecule has 0 fully saturated rings. The van der Waals surface area contributed by atoms with Gasteiger partial charge in [0.15, 0.2) is 0 Å². The minimum atomic E-state index is -0.500. The Bertz CT molecular complexity index is 394. The third kappa shape index (κ3) is 11.8. The average molecular weight is 433 g/mol. The quantitative estimate of drug-likeness (QED) is 0.722. The molecular formula is C16H21OPYb. The summed E-state index contributed by atoms with van der Waals surface area (Å²) in [6.07, 6.45) is 0. The van der Waals surface area contributed by atoms with Gasteiger partial charge in [-0.3, -0.25) is 0 Å². The monoisotopic (exact) mass is 434 g/mol. The molecule has 0 heterocycles. The van der Waals surface area contributed by atoms with Gasteiger partial charge in [0, 0.05) is 46.9 Å². The normalized spacial score (nSPS) is 9.89. The topological polar surface area (TPSA) is 20.2 Å². The summed E-state index contributed by atoms with van der Waals surface area (Å²) in [5, 5.41) is 11.3. The smallest absolute Gasteiger partial charge is 0.0563 e. The van der Waals surface area contributed by atoms with Crippen molar-refractivity contribution in [2.45, 2.75) is 26.4 Å². The molecule has 0 saturated heterocycles. The summed E-state index contributed by atoms with van der Waals surface area (Å²) in [7, 11) is 0.777. The zero-order chi connectivity index (χ0) is 13.4. The number of rotatable bonds is 2. The molecule has 2 aromatic rings. The van der Waals surface area contributed by atoms with Crippen LogP contribution in [-0.4, -0.2) is 10.7 Å². The fraction of sp³-hybridized carbons (Fsp3) is 0.250. The molecule has 0 bridgehead atoms. The van der Waals surface area contributed by atoms with Gasteiger partial charge in [-0.05, 0) is 31.4 Å². The molecule has 0 spiro atoms. The molecule has 1 nitrogen and oxygen atoms in total. The van der Waals surface area contributed by atoms with E-state index in [1.165, 1.54) is 10.6 Å². The fourth-order valence-electron chi connectivity index (χ4n) is 1.21. The fourth-order valence-corrected chi connectivity index (χ4v) is 2.26. The first kappa shape index (κ1) is 19.3. The van der Waals surface area contributed by atoms with Crippen LogP contribution in [0.1, 0.15) is 20.8 Å². The molecule has 0 saturated carbocycles. The zero-order valence-electron chi connectivity index (χ0n) is 11.5. The van der Waals surface area contributed by atoms with Gasteiger partial charge in [0.1, 0.15) is 0 Å². The van der Waals surface area contributed by atoms with E-state index in [1.807, 2.05) is 0 Å². The predicted octanol–water partition coefficient (Wildman–Crippen LogP) is 3.09. The zero-order valence-corrected chi connectivity index (χ0v) is 14.2. The van der Waals surface area contributed by atoms with Crippen molar-refractivity contribution >= 4 is 19.2 Å². The molecule has 0 unspecified atom stereocenters. The Morgan fingerprint density at radius 3 is 1.26 bits per heavy atom. The average Bonchev–Trinajstić information content (AvgIpc) is 2.29. The van der Waals surface area contributed by atoms with E-state index in [9.17, 15) is 0 Å². The van der Waals surface area contributed by atoms with Crippen LogP contribution in [0.3, 0.4) is 0 Å². The van der Waals surface area contributed by atoms with E-state index in [0.717, 1.165) is 8.58 Å². The Balaban J connectivity index is 0.000000471.